The first-order valence-corrected chi connectivity index (χ1v) is 6.02. The molecule has 0 amide bonds. The van der Waals surface area contributed by atoms with E-state index < -0.39 is 17.7 Å². The number of rotatable bonds is 3. The quantitative estimate of drug-likeness (QED) is 0.842. The fourth-order valence-corrected chi connectivity index (χ4v) is 1.99. The molecular formula is C11H17NO4S. The normalized spacial score (nSPS) is 13.3. The van der Waals surface area contributed by atoms with Gasteiger partial charge in [0, 0.05) is 0 Å². The first-order chi connectivity index (χ1) is 7.74. The molecule has 1 aromatic heterocycles. The molecule has 0 aliphatic heterocycles. The predicted molar refractivity (Wildman–Crippen MR) is 64.5 cm³/mol. The van der Waals surface area contributed by atoms with Crippen molar-refractivity contribution in [2.75, 3.05) is 7.11 Å². The molecule has 0 aromatic carbocycles. The standard InChI is InChI=1S/C11H17NO4S/c1-6(13)7-10(15-5)17-8(12-7)9(14)16-11(2,3)4/h6,13H,1-5H3. The lowest BCUT2D eigenvalue weighted by atomic mass is 10.2. The number of esters is 1. The molecule has 1 aromatic rings. The zero-order valence-electron chi connectivity index (χ0n) is 10.6. The van der Waals surface area contributed by atoms with Crippen molar-refractivity contribution in [2.45, 2.75) is 39.4 Å². The fourth-order valence-electron chi connectivity index (χ4n) is 1.14. The highest BCUT2D eigenvalue weighted by molar-refractivity contribution is 7.15. The molecule has 1 rings (SSSR count). The summed E-state index contributed by atoms with van der Waals surface area (Å²) < 4.78 is 10.2. The zero-order valence-corrected chi connectivity index (χ0v) is 11.4. The van der Waals surface area contributed by atoms with Crippen LogP contribution in [0.15, 0.2) is 0 Å². The summed E-state index contributed by atoms with van der Waals surface area (Å²) >= 11 is 1.07. The Balaban J connectivity index is 2.96. The second-order valence-corrected chi connectivity index (χ2v) is 5.54. The molecule has 1 unspecified atom stereocenters. The lowest BCUT2D eigenvalue weighted by Crippen LogP contribution is -2.23. The lowest BCUT2D eigenvalue weighted by Gasteiger charge is -2.18. The number of carbonyl (C=O) groups is 1. The SMILES string of the molecule is COc1sc(C(=O)OC(C)(C)C)nc1C(C)O. The molecule has 0 aliphatic carbocycles. The van der Waals surface area contributed by atoms with E-state index in [-0.39, 0.29) is 5.01 Å². The molecule has 1 atom stereocenters. The van der Waals surface area contributed by atoms with Gasteiger partial charge in [-0.25, -0.2) is 9.78 Å². The summed E-state index contributed by atoms with van der Waals surface area (Å²) in [6.07, 6.45) is -0.780. The number of ether oxygens (including phenoxy) is 2. The molecule has 1 heterocycles. The van der Waals surface area contributed by atoms with Crippen molar-refractivity contribution in [1.82, 2.24) is 4.98 Å². The van der Waals surface area contributed by atoms with E-state index in [9.17, 15) is 9.90 Å². The van der Waals surface area contributed by atoms with Crippen LogP contribution in [0, 0.1) is 0 Å². The Morgan fingerprint density at radius 2 is 2.06 bits per heavy atom. The summed E-state index contributed by atoms with van der Waals surface area (Å²) in [5.74, 6) is -0.507. The van der Waals surface area contributed by atoms with Crippen LogP contribution in [-0.4, -0.2) is 28.8 Å². The van der Waals surface area contributed by atoms with E-state index in [0.717, 1.165) is 11.3 Å². The number of carbonyl (C=O) groups excluding carboxylic acids is 1. The van der Waals surface area contributed by atoms with Gasteiger partial charge < -0.3 is 14.6 Å². The third-order valence-corrected chi connectivity index (χ3v) is 2.79. The molecule has 0 aliphatic rings. The third kappa shape index (κ3) is 3.67. The largest absolute Gasteiger partial charge is 0.486 e. The fraction of sp³-hybridized carbons (Fsp3) is 0.636. The van der Waals surface area contributed by atoms with Crippen molar-refractivity contribution in [3.63, 3.8) is 0 Å². The second kappa shape index (κ2) is 5.01. The Labute approximate surface area is 104 Å². The Hall–Kier alpha value is -1.14. The van der Waals surface area contributed by atoms with Gasteiger partial charge in [0.05, 0.1) is 13.2 Å². The van der Waals surface area contributed by atoms with Gasteiger partial charge in [-0.05, 0) is 27.7 Å². The van der Waals surface area contributed by atoms with E-state index in [0.29, 0.717) is 10.8 Å². The Morgan fingerprint density at radius 3 is 2.41 bits per heavy atom. The van der Waals surface area contributed by atoms with E-state index >= 15 is 0 Å². The van der Waals surface area contributed by atoms with Gasteiger partial charge in [-0.3, -0.25) is 0 Å². The summed E-state index contributed by atoms with van der Waals surface area (Å²) in [6, 6.07) is 0. The van der Waals surface area contributed by atoms with Crippen LogP contribution in [0.2, 0.25) is 0 Å². The van der Waals surface area contributed by atoms with Gasteiger partial charge in [0.15, 0.2) is 0 Å². The molecule has 17 heavy (non-hydrogen) atoms. The van der Waals surface area contributed by atoms with E-state index in [1.165, 1.54) is 7.11 Å². The average Bonchev–Trinajstić information content (AvgIpc) is 2.58. The van der Waals surface area contributed by atoms with Crippen LogP contribution in [0.4, 0.5) is 0 Å². The Bertz CT molecular complexity index is 406. The van der Waals surface area contributed by atoms with Gasteiger partial charge in [0.2, 0.25) is 10.1 Å². The average molecular weight is 259 g/mol. The van der Waals surface area contributed by atoms with Crippen LogP contribution in [0.1, 0.15) is 49.3 Å². The van der Waals surface area contributed by atoms with E-state index in [1.54, 1.807) is 27.7 Å². The van der Waals surface area contributed by atoms with Crippen molar-refractivity contribution < 1.29 is 19.4 Å². The molecule has 0 saturated carbocycles. The van der Waals surface area contributed by atoms with Crippen LogP contribution in [0.5, 0.6) is 5.06 Å². The monoisotopic (exact) mass is 259 g/mol. The van der Waals surface area contributed by atoms with Crippen molar-refractivity contribution >= 4 is 17.3 Å². The van der Waals surface area contributed by atoms with Gasteiger partial charge in [-0.15, -0.1) is 0 Å². The van der Waals surface area contributed by atoms with Gasteiger partial charge >= 0.3 is 5.97 Å². The number of aliphatic hydroxyl groups is 1. The number of hydrogen-bond acceptors (Lipinski definition) is 6. The molecule has 0 spiro atoms. The molecule has 1 N–H and O–H groups in total. The van der Waals surface area contributed by atoms with E-state index in [1.807, 2.05) is 0 Å². The van der Waals surface area contributed by atoms with Crippen LogP contribution in [-0.2, 0) is 4.74 Å². The van der Waals surface area contributed by atoms with E-state index in [2.05, 4.69) is 4.98 Å². The Morgan fingerprint density at radius 1 is 1.47 bits per heavy atom. The van der Waals surface area contributed by atoms with Gasteiger partial charge in [0.25, 0.3) is 0 Å². The van der Waals surface area contributed by atoms with Gasteiger partial charge in [-0.1, -0.05) is 11.3 Å². The molecule has 96 valence electrons. The maximum atomic E-state index is 11.8. The maximum Gasteiger partial charge on any atom is 0.368 e. The molecule has 6 heteroatoms. The van der Waals surface area contributed by atoms with Crippen LogP contribution in [0.3, 0.4) is 0 Å². The van der Waals surface area contributed by atoms with Crippen LogP contribution < -0.4 is 4.74 Å². The molecule has 0 bridgehead atoms. The van der Waals surface area contributed by atoms with Gasteiger partial charge in [0.1, 0.15) is 11.3 Å². The van der Waals surface area contributed by atoms with E-state index in [4.69, 9.17) is 9.47 Å². The third-order valence-electron chi connectivity index (χ3n) is 1.78. The molecular weight excluding hydrogens is 242 g/mol. The topological polar surface area (TPSA) is 68.7 Å². The minimum absolute atomic E-state index is 0.188. The maximum absolute atomic E-state index is 11.8. The molecule has 5 nitrogen and oxygen atoms in total. The number of nitrogens with zero attached hydrogens (tertiary/aromatic N) is 1. The minimum atomic E-state index is -0.780. The van der Waals surface area contributed by atoms with Gasteiger partial charge in [-0.2, -0.15) is 0 Å². The smallest absolute Gasteiger partial charge is 0.368 e. The first-order valence-electron chi connectivity index (χ1n) is 5.20. The number of aromatic nitrogens is 1. The molecule has 0 fully saturated rings. The summed E-state index contributed by atoms with van der Waals surface area (Å²) in [7, 11) is 1.47. The van der Waals surface area contributed by atoms with Crippen molar-refractivity contribution in [2.24, 2.45) is 0 Å². The summed E-state index contributed by atoms with van der Waals surface area (Å²) in [5, 5.41) is 10.1. The van der Waals surface area contributed by atoms with Crippen molar-refractivity contribution in [1.29, 1.82) is 0 Å². The van der Waals surface area contributed by atoms with Crippen molar-refractivity contribution in [3.8, 4) is 5.06 Å². The predicted octanol–water partition coefficient (Wildman–Crippen LogP) is 2.16. The zero-order chi connectivity index (χ0) is 13.2. The highest BCUT2D eigenvalue weighted by atomic mass is 32.1. The highest BCUT2D eigenvalue weighted by Crippen LogP contribution is 2.32. The second-order valence-electron chi connectivity index (χ2n) is 4.57. The van der Waals surface area contributed by atoms with Crippen molar-refractivity contribution in [3.05, 3.63) is 10.7 Å². The molecule has 0 saturated heterocycles. The number of hydrogen-bond donors (Lipinski definition) is 1. The molecule has 0 radical (unpaired) electrons. The van der Waals surface area contributed by atoms with Crippen LogP contribution in [0.25, 0.3) is 0 Å². The number of thiazole rings is 1. The number of aliphatic hydroxyl groups excluding tert-OH is 1. The lowest BCUT2D eigenvalue weighted by molar-refractivity contribution is 0.00687. The minimum Gasteiger partial charge on any atom is -0.486 e. The summed E-state index contributed by atoms with van der Waals surface area (Å²) in [4.78, 5) is 15.8. The highest BCUT2D eigenvalue weighted by Gasteiger charge is 2.24. The Kier molecular flexibility index (Phi) is 4.11. The first kappa shape index (κ1) is 13.9. The summed E-state index contributed by atoms with van der Waals surface area (Å²) in [6.45, 7) is 6.92. The number of methoxy groups -OCH3 is 1. The summed E-state index contributed by atoms with van der Waals surface area (Å²) in [5.41, 5.74) is -0.209. The van der Waals surface area contributed by atoms with Crippen LogP contribution >= 0.6 is 11.3 Å².